The Morgan fingerprint density at radius 2 is 1.08 bits per heavy atom. The largest absolute Gasteiger partial charge is 0.756 e. The molecule has 8 nitrogen and oxygen atoms in total. The fourth-order valence-electron chi connectivity index (χ4n) is 6.33. The maximum absolute atomic E-state index is 12.8. The van der Waals surface area contributed by atoms with E-state index in [1.807, 2.05) is 27.2 Å². The standard InChI is InChI=1S/C44H87N2O6P/c1-6-8-10-12-14-16-18-20-21-22-23-24-26-28-30-32-34-36-38-44(48)45-42(41-52-53(49,50)51-40-39-46(3,4)5)43(47)37-35-33-31-29-27-25-19-17-15-13-11-9-7-2/h11,13,35,37,42-43,47H,6-10,12,14-34,36,38-41H2,1-5H3,(H-,45,48,49,50)/b13-11-,37-35+/t42-,43+/m0/s1. The first-order chi connectivity index (χ1) is 25.5. The Kier molecular flexibility index (Phi) is 35.9. The van der Waals surface area contributed by atoms with Gasteiger partial charge in [0.1, 0.15) is 13.2 Å². The number of phosphoric acid groups is 1. The van der Waals surface area contributed by atoms with Gasteiger partial charge < -0.3 is 28.8 Å². The molecule has 0 saturated carbocycles. The van der Waals surface area contributed by atoms with Crippen LogP contribution in [0.15, 0.2) is 24.3 Å². The third kappa shape index (κ3) is 39.0. The number of unbranched alkanes of at least 4 members (excludes halogenated alkanes) is 25. The second-order valence-corrected chi connectivity index (χ2v) is 17.8. The van der Waals surface area contributed by atoms with Crippen molar-refractivity contribution in [2.24, 2.45) is 0 Å². The van der Waals surface area contributed by atoms with Gasteiger partial charge in [-0.2, -0.15) is 0 Å². The average molecular weight is 771 g/mol. The molecule has 3 atom stereocenters. The molecule has 1 amide bonds. The van der Waals surface area contributed by atoms with Gasteiger partial charge in [-0.1, -0.05) is 179 Å². The molecule has 0 spiro atoms. The first-order valence-corrected chi connectivity index (χ1v) is 23.7. The molecule has 0 bridgehead atoms. The van der Waals surface area contributed by atoms with E-state index in [-0.39, 0.29) is 19.1 Å². The van der Waals surface area contributed by atoms with Crippen LogP contribution < -0.4 is 10.2 Å². The van der Waals surface area contributed by atoms with Crippen LogP contribution in [0.25, 0.3) is 0 Å². The third-order valence-corrected chi connectivity index (χ3v) is 10.9. The fraction of sp³-hybridized carbons (Fsp3) is 0.886. The predicted octanol–water partition coefficient (Wildman–Crippen LogP) is 11.5. The molecule has 1 unspecified atom stereocenters. The van der Waals surface area contributed by atoms with Crippen LogP contribution in [0, 0.1) is 0 Å². The van der Waals surface area contributed by atoms with E-state index in [1.54, 1.807) is 6.08 Å². The summed E-state index contributed by atoms with van der Waals surface area (Å²) in [6.45, 7) is 4.59. The van der Waals surface area contributed by atoms with Gasteiger partial charge in [-0.05, 0) is 38.5 Å². The summed E-state index contributed by atoms with van der Waals surface area (Å²) in [4.78, 5) is 25.3. The highest BCUT2D eigenvalue weighted by Gasteiger charge is 2.23. The number of carbonyl (C=O) groups is 1. The minimum atomic E-state index is -4.58. The van der Waals surface area contributed by atoms with E-state index in [2.05, 4.69) is 31.3 Å². The molecule has 0 aliphatic heterocycles. The van der Waals surface area contributed by atoms with Crippen LogP contribution in [-0.2, 0) is 18.4 Å². The number of likely N-dealkylation sites (N-methyl/N-ethyl adjacent to an activating group) is 1. The van der Waals surface area contributed by atoms with E-state index in [0.29, 0.717) is 17.4 Å². The summed E-state index contributed by atoms with van der Waals surface area (Å²) in [5.41, 5.74) is 0. The van der Waals surface area contributed by atoms with Crippen LogP contribution in [-0.4, -0.2) is 68.5 Å². The first-order valence-electron chi connectivity index (χ1n) is 22.2. The van der Waals surface area contributed by atoms with Gasteiger partial charge in [0.2, 0.25) is 5.91 Å². The normalized spacial score (nSPS) is 14.6. The molecule has 0 aliphatic rings. The van der Waals surface area contributed by atoms with Crippen LogP contribution in [0.2, 0.25) is 0 Å². The van der Waals surface area contributed by atoms with Gasteiger partial charge in [-0.15, -0.1) is 0 Å². The monoisotopic (exact) mass is 771 g/mol. The Bertz CT molecular complexity index is 922. The fourth-order valence-corrected chi connectivity index (χ4v) is 7.05. The Morgan fingerprint density at radius 1 is 0.642 bits per heavy atom. The van der Waals surface area contributed by atoms with Gasteiger partial charge in [0, 0.05) is 6.42 Å². The quantitative estimate of drug-likeness (QED) is 0.0278. The lowest BCUT2D eigenvalue weighted by Gasteiger charge is -2.29. The molecular weight excluding hydrogens is 683 g/mol. The summed E-state index contributed by atoms with van der Waals surface area (Å²) >= 11 is 0. The minimum absolute atomic E-state index is 0.000869. The lowest BCUT2D eigenvalue weighted by molar-refractivity contribution is -0.870. The number of nitrogens with one attached hydrogen (secondary N) is 1. The number of aliphatic hydroxyl groups is 1. The van der Waals surface area contributed by atoms with Gasteiger partial charge >= 0.3 is 0 Å². The van der Waals surface area contributed by atoms with Crippen molar-refractivity contribution in [3.05, 3.63) is 24.3 Å². The van der Waals surface area contributed by atoms with Crippen LogP contribution >= 0.6 is 7.82 Å². The number of nitrogens with zero attached hydrogens (tertiary/aromatic N) is 1. The molecule has 0 aromatic heterocycles. The summed E-state index contributed by atoms with van der Waals surface area (Å²) in [7, 11) is 1.26. The van der Waals surface area contributed by atoms with E-state index in [1.165, 1.54) is 141 Å². The smallest absolute Gasteiger partial charge is 0.268 e. The predicted molar refractivity (Wildman–Crippen MR) is 224 cm³/mol. The Balaban J connectivity index is 4.37. The molecule has 314 valence electrons. The highest BCUT2D eigenvalue weighted by molar-refractivity contribution is 7.45. The zero-order valence-electron chi connectivity index (χ0n) is 35.5. The average Bonchev–Trinajstić information content (AvgIpc) is 3.10. The van der Waals surface area contributed by atoms with Crippen molar-refractivity contribution < 1.29 is 32.9 Å². The number of hydrogen-bond donors (Lipinski definition) is 2. The van der Waals surface area contributed by atoms with E-state index >= 15 is 0 Å². The second kappa shape index (κ2) is 36.6. The topological polar surface area (TPSA) is 108 Å². The highest BCUT2D eigenvalue weighted by Crippen LogP contribution is 2.38. The van der Waals surface area contributed by atoms with Crippen molar-refractivity contribution in [1.82, 2.24) is 5.32 Å². The molecule has 0 aromatic rings. The van der Waals surface area contributed by atoms with Crippen LogP contribution in [0.1, 0.15) is 200 Å². The molecule has 0 radical (unpaired) electrons. The summed E-state index contributed by atoms with van der Waals surface area (Å²) in [5.74, 6) is -0.199. The zero-order chi connectivity index (χ0) is 39.3. The van der Waals surface area contributed by atoms with Gasteiger partial charge in [-0.25, -0.2) is 0 Å². The van der Waals surface area contributed by atoms with E-state index in [4.69, 9.17) is 9.05 Å². The van der Waals surface area contributed by atoms with Crippen molar-refractivity contribution >= 4 is 13.7 Å². The van der Waals surface area contributed by atoms with Crippen molar-refractivity contribution in [2.75, 3.05) is 40.9 Å². The maximum Gasteiger partial charge on any atom is 0.268 e. The molecule has 0 fully saturated rings. The molecular formula is C44H87N2O6P. The SMILES string of the molecule is CCC/C=C\CCCCCCCC/C=C/[C@@H](O)[C@H](COP(=O)([O-])OCC[N+](C)(C)C)NC(=O)CCCCCCCCCCCCCCCCCCCC. The van der Waals surface area contributed by atoms with E-state index in [9.17, 15) is 19.4 Å². The lowest BCUT2D eigenvalue weighted by atomic mass is 10.0. The number of hydrogen-bond acceptors (Lipinski definition) is 6. The number of phosphoric ester groups is 1. The molecule has 53 heavy (non-hydrogen) atoms. The number of amides is 1. The summed E-state index contributed by atoms with van der Waals surface area (Å²) in [6.07, 6.45) is 42.2. The molecule has 0 heterocycles. The number of quaternary nitrogens is 1. The van der Waals surface area contributed by atoms with Crippen molar-refractivity contribution in [1.29, 1.82) is 0 Å². The highest BCUT2D eigenvalue weighted by atomic mass is 31.2. The number of carbonyl (C=O) groups excluding carboxylic acids is 1. The van der Waals surface area contributed by atoms with Crippen LogP contribution in [0.5, 0.6) is 0 Å². The molecule has 0 aliphatic carbocycles. The summed E-state index contributed by atoms with van der Waals surface area (Å²) in [6, 6.07) is -0.884. The number of rotatable bonds is 40. The van der Waals surface area contributed by atoms with Gasteiger partial charge in [-0.3, -0.25) is 9.36 Å². The van der Waals surface area contributed by atoms with Crippen LogP contribution in [0.4, 0.5) is 0 Å². The first kappa shape index (κ1) is 52.0. The zero-order valence-corrected chi connectivity index (χ0v) is 36.4. The summed E-state index contributed by atoms with van der Waals surface area (Å²) in [5, 5.41) is 13.8. The second-order valence-electron chi connectivity index (χ2n) is 16.4. The Labute approximate surface area is 328 Å². The minimum Gasteiger partial charge on any atom is -0.756 e. The number of aliphatic hydroxyl groups excluding tert-OH is 1. The van der Waals surface area contributed by atoms with Crippen molar-refractivity contribution in [3.8, 4) is 0 Å². The summed E-state index contributed by atoms with van der Waals surface area (Å²) < 4.78 is 23.2. The van der Waals surface area contributed by atoms with Gasteiger partial charge in [0.15, 0.2) is 0 Å². The van der Waals surface area contributed by atoms with Crippen molar-refractivity contribution in [3.63, 3.8) is 0 Å². The van der Waals surface area contributed by atoms with Crippen molar-refractivity contribution in [2.45, 2.75) is 212 Å². The van der Waals surface area contributed by atoms with Crippen LogP contribution in [0.3, 0.4) is 0 Å². The molecule has 0 saturated heterocycles. The van der Waals surface area contributed by atoms with Gasteiger partial charge in [0.05, 0.1) is 39.9 Å². The lowest BCUT2D eigenvalue weighted by Crippen LogP contribution is -2.45. The third-order valence-electron chi connectivity index (χ3n) is 9.89. The Hall–Kier alpha value is -1.02. The number of allylic oxidation sites excluding steroid dienone is 3. The van der Waals surface area contributed by atoms with E-state index in [0.717, 1.165) is 38.5 Å². The van der Waals surface area contributed by atoms with E-state index < -0.39 is 20.0 Å². The Morgan fingerprint density at radius 3 is 1.55 bits per heavy atom. The molecule has 9 heteroatoms. The molecule has 0 rings (SSSR count). The molecule has 0 aromatic carbocycles. The molecule has 2 N–H and O–H groups in total. The van der Waals surface area contributed by atoms with Gasteiger partial charge in [0.25, 0.3) is 7.82 Å². The maximum atomic E-state index is 12.8.